The van der Waals surface area contributed by atoms with Gasteiger partial charge in [0.2, 0.25) is 11.8 Å². The fourth-order valence-electron chi connectivity index (χ4n) is 4.05. The van der Waals surface area contributed by atoms with Crippen LogP contribution in [0.3, 0.4) is 0 Å². The number of hydrogen-bond acceptors (Lipinski definition) is 5. The van der Waals surface area contributed by atoms with Crippen molar-refractivity contribution in [3.8, 4) is 16.9 Å². The molecule has 2 amide bonds. The third kappa shape index (κ3) is 3.77. The highest BCUT2D eigenvalue weighted by atomic mass is 19.1. The number of benzene rings is 1. The highest BCUT2D eigenvalue weighted by Gasteiger charge is 2.26. The van der Waals surface area contributed by atoms with E-state index < -0.39 is 5.82 Å². The van der Waals surface area contributed by atoms with Crippen LogP contribution < -0.4 is 10.2 Å². The van der Waals surface area contributed by atoms with Crippen molar-refractivity contribution in [2.24, 2.45) is 0 Å². The molecule has 32 heavy (non-hydrogen) atoms. The number of imidazole rings is 1. The van der Waals surface area contributed by atoms with Crippen LogP contribution in [-0.4, -0.2) is 57.4 Å². The van der Waals surface area contributed by atoms with E-state index in [1.54, 1.807) is 11.0 Å². The molecule has 3 heterocycles. The molecule has 1 saturated heterocycles. The number of hydrogen-bond donors (Lipinski definition) is 2. The van der Waals surface area contributed by atoms with Crippen molar-refractivity contribution in [2.75, 3.05) is 36.4 Å². The molecule has 2 aromatic heterocycles. The molecule has 0 saturated carbocycles. The molecule has 1 aromatic carbocycles. The van der Waals surface area contributed by atoms with E-state index in [-0.39, 0.29) is 23.1 Å². The first-order valence-electron chi connectivity index (χ1n) is 10.2. The summed E-state index contributed by atoms with van der Waals surface area (Å²) in [6, 6.07) is 5.87. The SMILES string of the molecule is C=CC(=O)N1CCN(c2c(NC(C)=O)nc3cc(-c4c(O)cccc4F)c(C)cn23)CC1. The van der Waals surface area contributed by atoms with Crippen LogP contribution in [0, 0.1) is 12.7 Å². The minimum atomic E-state index is -0.533. The van der Waals surface area contributed by atoms with Crippen molar-refractivity contribution in [3.05, 3.63) is 54.5 Å². The summed E-state index contributed by atoms with van der Waals surface area (Å²) in [4.78, 5) is 32.1. The molecule has 0 spiro atoms. The smallest absolute Gasteiger partial charge is 0.246 e. The first kappa shape index (κ1) is 21.4. The van der Waals surface area contributed by atoms with Crippen LogP contribution in [0.5, 0.6) is 5.75 Å². The van der Waals surface area contributed by atoms with Crippen LogP contribution in [0.1, 0.15) is 12.5 Å². The van der Waals surface area contributed by atoms with Crippen LogP contribution in [0.4, 0.5) is 16.0 Å². The third-order valence-corrected chi connectivity index (χ3v) is 5.56. The molecule has 0 aliphatic carbocycles. The number of fused-ring (bicyclic) bond motifs is 1. The van der Waals surface area contributed by atoms with Gasteiger partial charge in [0.1, 0.15) is 17.2 Å². The molecule has 0 unspecified atom stereocenters. The molecule has 166 valence electrons. The van der Waals surface area contributed by atoms with E-state index in [1.165, 1.54) is 31.2 Å². The topological polar surface area (TPSA) is 90.2 Å². The maximum Gasteiger partial charge on any atom is 0.246 e. The number of nitrogens with one attached hydrogen (secondary N) is 1. The number of piperazine rings is 1. The summed E-state index contributed by atoms with van der Waals surface area (Å²) in [7, 11) is 0. The summed E-state index contributed by atoms with van der Waals surface area (Å²) in [6.45, 7) is 8.89. The Hall–Kier alpha value is -3.88. The zero-order valence-electron chi connectivity index (χ0n) is 17.9. The van der Waals surface area contributed by atoms with Gasteiger partial charge in [-0.05, 0) is 42.3 Å². The van der Waals surface area contributed by atoms with Crippen LogP contribution in [0.2, 0.25) is 0 Å². The molecule has 1 aliphatic heterocycles. The summed E-state index contributed by atoms with van der Waals surface area (Å²) in [6.07, 6.45) is 3.11. The second-order valence-electron chi connectivity index (χ2n) is 7.71. The van der Waals surface area contributed by atoms with Gasteiger partial charge in [-0.15, -0.1) is 0 Å². The minimum absolute atomic E-state index is 0.106. The van der Waals surface area contributed by atoms with Gasteiger partial charge < -0.3 is 20.2 Å². The summed E-state index contributed by atoms with van der Waals surface area (Å²) < 4.78 is 16.3. The number of carbonyl (C=O) groups excluding carboxylic acids is 2. The minimum Gasteiger partial charge on any atom is -0.507 e. The quantitative estimate of drug-likeness (QED) is 0.613. The number of aromatic hydroxyl groups is 1. The molecule has 0 radical (unpaired) electrons. The van der Waals surface area contributed by atoms with Gasteiger partial charge in [-0.1, -0.05) is 12.6 Å². The highest BCUT2D eigenvalue weighted by molar-refractivity contribution is 5.92. The average molecular weight is 437 g/mol. The predicted molar refractivity (Wildman–Crippen MR) is 120 cm³/mol. The van der Waals surface area contributed by atoms with E-state index in [1.807, 2.05) is 17.5 Å². The van der Waals surface area contributed by atoms with E-state index in [9.17, 15) is 19.1 Å². The Morgan fingerprint density at radius 3 is 2.59 bits per heavy atom. The number of carbonyl (C=O) groups is 2. The number of aryl methyl sites for hydroxylation is 1. The summed E-state index contributed by atoms with van der Waals surface area (Å²) in [5, 5.41) is 13.0. The average Bonchev–Trinajstić information content (AvgIpc) is 3.09. The number of pyridine rings is 1. The van der Waals surface area contributed by atoms with Crippen LogP contribution in [-0.2, 0) is 9.59 Å². The number of phenolic OH excluding ortho intramolecular Hbond substituents is 1. The van der Waals surface area contributed by atoms with Gasteiger partial charge in [0.25, 0.3) is 0 Å². The first-order valence-corrected chi connectivity index (χ1v) is 10.2. The molecule has 0 bridgehead atoms. The van der Waals surface area contributed by atoms with Crippen molar-refractivity contribution < 1.29 is 19.1 Å². The predicted octanol–water partition coefficient (Wildman–Crippen LogP) is 2.95. The maximum atomic E-state index is 14.5. The Bertz CT molecular complexity index is 1210. The van der Waals surface area contributed by atoms with E-state index in [4.69, 9.17) is 0 Å². The molecule has 1 aliphatic rings. The normalized spacial score (nSPS) is 14.0. The lowest BCUT2D eigenvalue weighted by atomic mass is 10.0. The first-order chi connectivity index (χ1) is 15.3. The van der Waals surface area contributed by atoms with Crippen LogP contribution in [0.25, 0.3) is 16.8 Å². The van der Waals surface area contributed by atoms with Crippen molar-refractivity contribution in [1.29, 1.82) is 0 Å². The van der Waals surface area contributed by atoms with E-state index in [2.05, 4.69) is 21.8 Å². The summed E-state index contributed by atoms with van der Waals surface area (Å²) >= 11 is 0. The second-order valence-corrected chi connectivity index (χ2v) is 7.71. The third-order valence-electron chi connectivity index (χ3n) is 5.56. The van der Waals surface area contributed by atoms with Crippen LogP contribution >= 0.6 is 0 Å². The molecule has 3 aromatic rings. The van der Waals surface area contributed by atoms with Gasteiger partial charge >= 0.3 is 0 Å². The van der Waals surface area contributed by atoms with Gasteiger partial charge in [0, 0.05) is 39.3 Å². The van der Waals surface area contributed by atoms with Gasteiger partial charge in [-0.3, -0.25) is 14.0 Å². The van der Waals surface area contributed by atoms with Crippen molar-refractivity contribution in [3.63, 3.8) is 0 Å². The van der Waals surface area contributed by atoms with E-state index in [0.717, 1.165) is 5.56 Å². The Morgan fingerprint density at radius 2 is 1.97 bits per heavy atom. The Morgan fingerprint density at radius 1 is 1.25 bits per heavy atom. The Kier molecular flexibility index (Phi) is 5.56. The fraction of sp³-hybridized carbons (Fsp3) is 0.261. The van der Waals surface area contributed by atoms with E-state index >= 15 is 0 Å². The van der Waals surface area contributed by atoms with Crippen LogP contribution in [0.15, 0.2) is 43.1 Å². The summed E-state index contributed by atoms with van der Waals surface area (Å²) in [5.74, 6) is 0.00105. The van der Waals surface area contributed by atoms with Gasteiger partial charge in [-0.2, -0.15) is 0 Å². The largest absolute Gasteiger partial charge is 0.507 e. The van der Waals surface area contributed by atoms with Crippen molar-refractivity contribution in [2.45, 2.75) is 13.8 Å². The molecule has 0 atom stereocenters. The molecular formula is C23H24FN5O3. The highest BCUT2D eigenvalue weighted by Crippen LogP contribution is 2.37. The molecule has 1 fully saturated rings. The second kappa shape index (κ2) is 8.33. The number of anilines is 2. The lowest BCUT2D eigenvalue weighted by molar-refractivity contribution is -0.126. The lowest BCUT2D eigenvalue weighted by Gasteiger charge is -2.35. The number of halogens is 1. The zero-order valence-corrected chi connectivity index (χ0v) is 17.9. The number of rotatable bonds is 4. The number of aromatic nitrogens is 2. The molecule has 9 heteroatoms. The molecular weight excluding hydrogens is 413 g/mol. The van der Waals surface area contributed by atoms with Crippen molar-refractivity contribution >= 4 is 29.1 Å². The number of nitrogens with zero attached hydrogens (tertiary/aromatic N) is 4. The Labute approximate surface area is 184 Å². The fourth-order valence-corrected chi connectivity index (χ4v) is 4.05. The number of phenols is 1. The van der Waals surface area contributed by atoms with E-state index in [0.29, 0.717) is 49.0 Å². The standard InChI is InChI=1S/C23H24FN5O3/c1-4-20(32)27-8-10-28(11-9-27)23-22(25-15(3)30)26-19-12-16(14(2)13-29(19)23)21-17(24)6-5-7-18(21)31/h4-7,12-13,31H,1,8-11H2,2-3H3,(H,25,30). The zero-order chi connectivity index (χ0) is 23.0. The van der Waals surface area contributed by atoms with Gasteiger partial charge in [0.15, 0.2) is 11.6 Å². The van der Waals surface area contributed by atoms with Gasteiger partial charge in [0.05, 0.1) is 5.56 Å². The maximum absolute atomic E-state index is 14.5. The monoisotopic (exact) mass is 437 g/mol. The Balaban J connectivity index is 1.80. The van der Waals surface area contributed by atoms with Gasteiger partial charge in [-0.25, -0.2) is 9.37 Å². The molecule has 4 rings (SSSR count). The number of amides is 2. The summed E-state index contributed by atoms with van der Waals surface area (Å²) in [5.41, 5.74) is 1.85. The molecule has 2 N–H and O–H groups in total. The lowest BCUT2D eigenvalue weighted by Crippen LogP contribution is -2.48. The van der Waals surface area contributed by atoms with Crippen molar-refractivity contribution in [1.82, 2.24) is 14.3 Å². The molecule has 8 nitrogen and oxygen atoms in total.